The van der Waals surface area contributed by atoms with E-state index in [9.17, 15) is 4.79 Å². The molecule has 128 valence electrons. The number of hydrogen-bond donors (Lipinski definition) is 1. The summed E-state index contributed by atoms with van der Waals surface area (Å²) < 4.78 is 1.78. The zero-order valence-electron chi connectivity index (χ0n) is 13.9. The number of nitrogens with one attached hydrogen (secondary N) is 1. The molecule has 1 saturated carbocycles. The second-order valence-corrected chi connectivity index (χ2v) is 7.90. The molecule has 0 aliphatic heterocycles. The van der Waals surface area contributed by atoms with Gasteiger partial charge in [0.25, 0.3) is 5.56 Å². The highest BCUT2D eigenvalue weighted by Crippen LogP contribution is 2.28. The first-order valence-electron chi connectivity index (χ1n) is 9.03. The Hall–Kier alpha value is -1.53. The van der Waals surface area contributed by atoms with Gasteiger partial charge in [0.1, 0.15) is 5.01 Å². The van der Waals surface area contributed by atoms with Gasteiger partial charge in [0, 0.05) is 30.2 Å². The van der Waals surface area contributed by atoms with E-state index < -0.39 is 0 Å². The molecule has 0 saturated heterocycles. The summed E-state index contributed by atoms with van der Waals surface area (Å²) in [5.74, 6) is 0. The molecule has 0 unspecified atom stereocenters. The Morgan fingerprint density at radius 1 is 1.21 bits per heavy atom. The van der Waals surface area contributed by atoms with E-state index in [0.717, 1.165) is 55.8 Å². The van der Waals surface area contributed by atoms with E-state index in [-0.39, 0.29) is 11.6 Å². The van der Waals surface area contributed by atoms with Crippen LogP contribution >= 0.6 is 11.3 Å². The molecule has 1 fully saturated rings. The number of rotatable bonds is 4. The van der Waals surface area contributed by atoms with Gasteiger partial charge < -0.3 is 5.32 Å². The minimum Gasteiger partial charge on any atom is -0.308 e. The maximum atomic E-state index is 12.4. The van der Waals surface area contributed by atoms with Crippen LogP contribution in [0.1, 0.15) is 60.8 Å². The predicted molar refractivity (Wildman–Crippen MR) is 95.4 cm³/mol. The third kappa shape index (κ3) is 3.44. The lowest BCUT2D eigenvalue weighted by molar-refractivity contribution is 0.266. The van der Waals surface area contributed by atoms with Crippen molar-refractivity contribution in [2.75, 3.05) is 0 Å². The first kappa shape index (κ1) is 16.0. The highest BCUT2D eigenvalue weighted by molar-refractivity contribution is 7.09. The van der Waals surface area contributed by atoms with E-state index in [2.05, 4.69) is 10.3 Å². The smallest absolute Gasteiger partial charge is 0.267 e. The molecular formula is C18H24N4OS. The molecule has 2 aromatic rings. The number of hydrogen-bond acceptors (Lipinski definition) is 5. The van der Waals surface area contributed by atoms with Crippen molar-refractivity contribution in [2.24, 2.45) is 0 Å². The second kappa shape index (κ2) is 7.15. The van der Waals surface area contributed by atoms with Gasteiger partial charge in [-0.05, 0) is 56.9 Å². The summed E-state index contributed by atoms with van der Waals surface area (Å²) in [6.07, 6.45) is 10.5. The molecular weight excluding hydrogens is 320 g/mol. The van der Waals surface area contributed by atoms with Crippen molar-refractivity contribution < 1.29 is 0 Å². The molecule has 2 heterocycles. The monoisotopic (exact) mass is 344 g/mol. The molecule has 0 radical (unpaired) electrons. The summed E-state index contributed by atoms with van der Waals surface area (Å²) in [5.41, 5.74) is 2.43. The van der Waals surface area contributed by atoms with E-state index in [1.165, 1.54) is 18.4 Å². The molecule has 2 aliphatic rings. The zero-order chi connectivity index (χ0) is 16.4. The lowest BCUT2D eigenvalue weighted by Gasteiger charge is -2.30. The van der Waals surface area contributed by atoms with Crippen LogP contribution in [0.4, 0.5) is 0 Å². The van der Waals surface area contributed by atoms with Crippen LogP contribution in [-0.4, -0.2) is 20.8 Å². The summed E-state index contributed by atoms with van der Waals surface area (Å²) in [6, 6.07) is 2.63. The van der Waals surface area contributed by atoms with Crippen molar-refractivity contribution >= 4 is 11.3 Å². The number of thiazole rings is 1. The fourth-order valence-corrected chi connectivity index (χ4v) is 4.50. The van der Waals surface area contributed by atoms with Gasteiger partial charge in [0.15, 0.2) is 0 Å². The van der Waals surface area contributed by atoms with E-state index >= 15 is 0 Å². The standard InChI is InChI=1S/C18H24N4OS/c23-18-11-13-3-1-2-4-16(13)21-22(18)15-7-5-14(6-8-15)20-12-17-19-9-10-24-17/h9-11,14-15,20H,1-8,12H2. The Bertz CT molecular complexity index is 732. The highest BCUT2D eigenvalue weighted by Gasteiger charge is 2.25. The Labute approximate surface area is 146 Å². The van der Waals surface area contributed by atoms with Crippen LogP contribution in [0, 0.1) is 0 Å². The van der Waals surface area contributed by atoms with Crippen LogP contribution in [0.5, 0.6) is 0 Å². The van der Waals surface area contributed by atoms with Crippen molar-refractivity contribution in [3.63, 3.8) is 0 Å². The maximum Gasteiger partial charge on any atom is 0.267 e. The molecule has 1 N–H and O–H groups in total. The second-order valence-electron chi connectivity index (χ2n) is 6.92. The van der Waals surface area contributed by atoms with Gasteiger partial charge in [-0.3, -0.25) is 4.79 Å². The van der Waals surface area contributed by atoms with Gasteiger partial charge in [-0.1, -0.05) is 0 Å². The summed E-state index contributed by atoms with van der Waals surface area (Å²) >= 11 is 1.69. The molecule has 0 aromatic carbocycles. The Morgan fingerprint density at radius 3 is 2.83 bits per heavy atom. The summed E-state index contributed by atoms with van der Waals surface area (Å²) in [5, 5.41) is 11.5. The van der Waals surface area contributed by atoms with Crippen LogP contribution in [0.3, 0.4) is 0 Å². The Morgan fingerprint density at radius 2 is 2.04 bits per heavy atom. The van der Waals surface area contributed by atoms with Crippen LogP contribution < -0.4 is 10.9 Å². The van der Waals surface area contributed by atoms with E-state index in [0.29, 0.717) is 6.04 Å². The zero-order valence-corrected chi connectivity index (χ0v) is 14.7. The lowest BCUT2D eigenvalue weighted by atomic mass is 9.91. The van der Waals surface area contributed by atoms with Crippen molar-refractivity contribution in [1.82, 2.24) is 20.1 Å². The SMILES string of the molecule is O=c1cc2c(nn1C1CCC(NCc3nccs3)CC1)CCCC2. The predicted octanol–water partition coefficient (Wildman–Crippen LogP) is 2.85. The van der Waals surface area contributed by atoms with Crippen LogP contribution in [-0.2, 0) is 19.4 Å². The first-order chi connectivity index (χ1) is 11.8. The number of aryl methyl sites for hydroxylation is 2. The van der Waals surface area contributed by atoms with Gasteiger partial charge in [-0.15, -0.1) is 11.3 Å². The molecule has 0 spiro atoms. The fraction of sp³-hybridized carbons (Fsp3) is 0.611. The summed E-state index contributed by atoms with van der Waals surface area (Å²) in [4.78, 5) is 16.7. The van der Waals surface area contributed by atoms with Gasteiger partial charge in [0.2, 0.25) is 0 Å². The van der Waals surface area contributed by atoms with Gasteiger partial charge in [-0.25, -0.2) is 9.67 Å². The average molecular weight is 344 g/mol. The van der Waals surface area contributed by atoms with E-state index in [1.54, 1.807) is 16.0 Å². The molecule has 2 aliphatic carbocycles. The van der Waals surface area contributed by atoms with Crippen LogP contribution in [0.15, 0.2) is 22.4 Å². The number of aromatic nitrogens is 3. The molecule has 0 bridgehead atoms. The molecule has 4 rings (SSSR count). The minimum absolute atomic E-state index is 0.0924. The normalized spacial score (nSPS) is 23.8. The molecule has 0 atom stereocenters. The molecule has 6 heteroatoms. The van der Waals surface area contributed by atoms with Gasteiger partial charge >= 0.3 is 0 Å². The van der Waals surface area contributed by atoms with E-state index in [1.807, 2.05) is 17.6 Å². The molecule has 2 aromatic heterocycles. The quantitative estimate of drug-likeness (QED) is 0.926. The van der Waals surface area contributed by atoms with Crippen molar-refractivity contribution in [1.29, 1.82) is 0 Å². The Balaban J connectivity index is 1.38. The van der Waals surface area contributed by atoms with Gasteiger partial charge in [-0.2, -0.15) is 5.10 Å². The largest absolute Gasteiger partial charge is 0.308 e. The number of fused-ring (bicyclic) bond motifs is 1. The lowest BCUT2D eigenvalue weighted by Crippen LogP contribution is -2.37. The van der Waals surface area contributed by atoms with Crippen molar-refractivity contribution in [3.8, 4) is 0 Å². The number of nitrogens with zero attached hydrogens (tertiary/aromatic N) is 3. The summed E-state index contributed by atoms with van der Waals surface area (Å²) in [6.45, 7) is 0.851. The van der Waals surface area contributed by atoms with Crippen molar-refractivity contribution in [3.05, 3.63) is 44.3 Å². The van der Waals surface area contributed by atoms with E-state index in [4.69, 9.17) is 5.10 Å². The Kier molecular flexibility index (Phi) is 4.76. The highest BCUT2D eigenvalue weighted by atomic mass is 32.1. The maximum absolute atomic E-state index is 12.4. The minimum atomic E-state index is 0.0924. The first-order valence-corrected chi connectivity index (χ1v) is 9.91. The third-order valence-electron chi connectivity index (χ3n) is 5.30. The molecule has 24 heavy (non-hydrogen) atoms. The third-order valence-corrected chi connectivity index (χ3v) is 6.08. The average Bonchev–Trinajstić information content (AvgIpc) is 3.13. The van der Waals surface area contributed by atoms with Gasteiger partial charge in [0.05, 0.1) is 11.7 Å². The van der Waals surface area contributed by atoms with Crippen LogP contribution in [0.25, 0.3) is 0 Å². The molecule has 0 amide bonds. The molecule has 5 nitrogen and oxygen atoms in total. The van der Waals surface area contributed by atoms with Crippen molar-refractivity contribution in [2.45, 2.75) is 70.0 Å². The fourth-order valence-electron chi connectivity index (χ4n) is 3.93. The summed E-state index contributed by atoms with van der Waals surface area (Å²) in [7, 11) is 0. The van der Waals surface area contributed by atoms with Crippen LogP contribution in [0.2, 0.25) is 0 Å². The topological polar surface area (TPSA) is 59.8 Å².